The van der Waals surface area contributed by atoms with Crippen LogP contribution in [0.15, 0.2) is 36.7 Å². The minimum absolute atomic E-state index is 0. The van der Waals surface area contributed by atoms with E-state index in [1.54, 1.807) is 31.2 Å². The molecule has 0 saturated carbocycles. The molecule has 3 aromatic rings. The predicted molar refractivity (Wildman–Crippen MR) is 102 cm³/mol. The third-order valence-electron chi connectivity index (χ3n) is 3.92. The molecule has 0 radical (unpaired) electrons. The van der Waals surface area contributed by atoms with Gasteiger partial charge in [-0.05, 0) is 31.3 Å². The van der Waals surface area contributed by atoms with Gasteiger partial charge >= 0.3 is 0 Å². The normalized spacial score (nSPS) is 11.5. The lowest BCUT2D eigenvalue weighted by Gasteiger charge is -2.13. The summed E-state index contributed by atoms with van der Waals surface area (Å²) < 4.78 is 6.80. The second-order valence-corrected chi connectivity index (χ2v) is 5.72. The van der Waals surface area contributed by atoms with E-state index in [9.17, 15) is 4.79 Å². The summed E-state index contributed by atoms with van der Waals surface area (Å²) in [7, 11) is 5.16. The first-order chi connectivity index (χ1) is 12.6. The number of nitrogens with one attached hydrogen (secondary N) is 3. The first-order valence-electron chi connectivity index (χ1n) is 8.10. The fraction of sp³-hybridized carbons (Fsp3) is 0.294. The zero-order valence-electron chi connectivity index (χ0n) is 15.3. The summed E-state index contributed by atoms with van der Waals surface area (Å²) in [4.78, 5) is 16.8. The zero-order chi connectivity index (χ0) is 18.5. The van der Waals surface area contributed by atoms with E-state index in [0.717, 1.165) is 16.9 Å². The van der Waals surface area contributed by atoms with Crippen LogP contribution < -0.4 is 15.4 Å². The molecule has 0 saturated heterocycles. The summed E-state index contributed by atoms with van der Waals surface area (Å²) in [5, 5.41) is 17.0. The molecule has 3 N–H and O–H groups in total. The Bertz CT molecular complexity index is 876. The molecule has 2 heterocycles. The molecule has 0 aliphatic heterocycles. The average Bonchev–Trinajstić information content (AvgIpc) is 3.30. The van der Waals surface area contributed by atoms with Gasteiger partial charge in [-0.2, -0.15) is 10.2 Å². The number of methoxy groups -OCH3 is 1. The second-order valence-electron chi connectivity index (χ2n) is 5.72. The van der Waals surface area contributed by atoms with Crippen LogP contribution in [0.1, 0.15) is 17.4 Å². The van der Waals surface area contributed by atoms with Crippen LogP contribution in [0.2, 0.25) is 0 Å². The van der Waals surface area contributed by atoms with Crippen molar-refractivity contribution >= 4 is 18.3 Å². The maximum Gasteiger partial charge on any atom is 0.242 e. The Kier molecular flexibility index (Phi) is 6.91. The number of ether oxygens (including phenoxy) is 1. The SMILES string of the molecule is CNC(C(=O)NCc1nc(-c2ccc(OC)cc2)n[nH]1)c1cnn(C)c1.Cl. The molecule has 1 aromatic carbocycles. The van der Waals surface area contributed by atoms with Crippen molar-refractivity contribution < 1.29 is 9.53 Å². The molecule has 0 aliphatic rings. The molecule has 27 heavy (non-hydrogen) atoms. The number of aromatic nitrogens is 5. The van der Waals surface area contributed by atoms with Crippen molar-refractivity contribution in [3.63, 3.8) is 0 Å². The van der Waals surface area contributed by atoms with Gasteiger partial charge in [-0.1, -0.05) is 0 Å². The van der Waals surface area contributed by atoms with Gasteiger partial charge in [0.1, 0.15) is 17.6 Å². The summed E-state index contributed by atoms with van der Waals surface area (Å²) in [5.41, 5.74) is 1.66. The number of nitrogens with zero attached hydrogens (tertiary/aromatic N) is 4. The summed E-state index contributed by atoms with van der Waals surface area (Å²) in [6.45, 7) is 0.250. The molecule has 0 bridgehead atoms. The minimum atomic E-state index is -0.479. The van der Waals surface area contributed by atoms with Crippen LogP contribution in [-0.4, -0.2) is 45.0 Å². The van der Waals surface area contributed by atoms with Crippen molar-refractivity contribution in [3.8, 4) is 17.1 Å². The Morgan fingerprint density at radius 1 is 1.33 bits per heavy atom. The number of amides is 1. The van der Waals surface area contributed by atoms with Crippen LogP contribution in [-0.2, 0) is 18.4 Å². The number of aromatic amines is 1. The molecule has 0 fully saturated rings. The number of halogens is 1. The third kappa shape index (κ3) is 4.83. The molecule has 3 rings (SSSR count). The number of carbonyl (C=O) groups excluding carboxylic acids is 1. The van der Waals surface area contributed by atoms with E-state index in [1.807, 2.05) is 31.3 Å². The fourth-order valence-electron chi connectivity index (χ4n) is 2.55. The van der Waals surface area contributed by atoms with Gasteiger partial charge in [-0.25, -0.2) is 4.98 Å². The van der Waals surface area contributed by atoms with Crippen molar-refractivity contribution in [2.75, 3.05) is 14.2 Å². The van der Waals surface area contributed by atoms with E-state index < -0.39 is 6.04 Å². The Hall–Kier alpha value is -2.91. The van der Waals surface area contributed by atoms with Crippen molar-refractivity contribution in [2.24, 2.45) is 7.05 Å². The first kappa shape index (κ1) is 20.4. The molecular weight excluding hydrogens is 370 g/mol. The van der Waals surface area contributed by atoms with Crippen LogP contribution in [0.5, 0.6) is 5.75 Å². The van der Waals surface area contributed by atoms with Gasteiger partial charge in [0, 0.05) is 24.4 Å². The van der Waals surface area contributed by atoms with Gasteiger partial charge in [0.25, 0.3) is 0 Å². The van der Waals surface area contributed by atoms with Crippen LogP contribution in [0, 0.1) is 0 Å². The van der Waals surface area contributed by atoms with Crippen LogP contribution in [0.3, 0.4) is 0 Å². The summed E-state index contributed by atoms with van der Waals surface area (Å²) in [6, 6.07) is 6.97. The lowest BCUT2D eigenvalue weighted by Crippen LogP contribution is -2.35. The largest absolute Gasteiger partial charge is 0.497 e. The molecule has 10 heteroatoms. The number of aryl methyl sites for hydroxylation is 1. The molecule has 1 unspecified atom stereocenters. The highest BCUT2D eigenvalue weighted by atomic mass is 35.5. The smallest absolute Gasteiger partial charge is 0.242 e. The molecule has 144 valence electrons. The second kappa shape index (κ2) is 9.15. The lowest BCUT2D eigenvalue weighted by molar-refractivity contribution is -0.123. The molecule has 9 nitrogen and oxygen atoms in total. The number of rotatable bonds is 7. The molecule has 1 amide bonds. The molecule has 0 aliphatic carbocycles. The van der Waals surface area contributed by atoms with Crippen molar-refractivity contribution in [1.82, 2.24) is 35.6 Å². The molecular formula is C17H22ClN7O2. The van der Waals surface area contributed by atoms with Gasteiger partial charge in [-0.15, -0.1) is 12.4 Å². The van der Waals surface area contributed by atoms with Gasteiger partial charge in [0.05, 0.1) is 19.9 Å². The highest BCUT2D eigenvalue weighted by Crippen LogP contribution is 2.19. The van der Waals surface area contributed by atoms with Crippen LogP contribution in [0.25, 0.3) is 11.4 Å². The number of likely N-dealkylation sites (N-methyl/N-ethyl adjacent to an activating group) is 1. The van der Waals surface area contributed by atoms with Crippen molar-refractivity contribution in [3.05, 3.63) is 48.0 Å². The van der Waals surface area contributed by atoms with E-state index in [4.69, 9.17) is 4.74 Å². The summed E-state index contributed by atoms with van der Waals surface area (Å²) in [5.74, 6) is 1.74. The highest BCUT2D eigenvalue weighted by molar-refractivity contribution is 5.85. The Balaban J connectivity index is 0.00000261. The van der Waals surface area contributed by atoms with Gasteiger partial charge in [0.15, 0.2) is 5.82 Å². The summed E-state index contributed by atoms with van der Waals surface area (Å²) >= 11 is 0. The quantitative estimate of drug-likeness (QED) is 0.558. The van der Waals surface area contributed by atoms with Crippen molar-refractivity contribution in [2.45, 2.75) is 12.6 Å². The first-order valence-corrected chi connectivity index (χ1v) is 8.10. The molecule has 2 aromatic heterocycles. The van der Waals surface area contributed by atoms with Gasteiger partial charge in [0.2, 0.25) is 5.91 Å². The van der Waals surface area contributed by atoms with Crippen molar-refractivity contribution in [1.29, 1.82) is 0 Å². The standard InChI is InChI=1S/C17H21N7O2.ClH/c1-18-15(12-8-20-24(2)10-12)17(25)19-9-14-21-16(23-22-14)11-4-6-13(26-3)7-5-11;/h4-8,10,15,18H,9H2,1-3H3,(H,19,25)(H,21,22,23);1H. The van der Waals surface area contributed by atoms with Crippen LogP contribution in [0.4, 0.5) is 0 Å². The van der Waals surface area contributed by atoms with E-state index in [1.165, 1.54) is 0 Å². The summed E-state index contributed by atoms with van der Waals surface area (Å²) in [6.07, 6.45) is 3.47. The maximum atomic E-state index is 12.4. The van der Waals surface area contributed by atoms with Gasteiger partial charge < -0.3 is 15.4 Å². The monoisotopic (exact) mass is 391 g/mol. The van der Waals surface area contributed by atoms with E-state index in [-0.39, 0.29) is 24.9 Å². The van der Waals surface area contributed by atoms with E-state index in [0.29, 0.717) is 11.6 Å². The highest BCUT2D eigenvalue weighted by Gasteiger charge is 2.20. The topological polar surface area (TPSA) is 110 Å². The maximum absolute atomic E-state index is 12.4. The minimum Gasteiger partial charge on any atom is -0.497 e. The van der Waals surface area contributed by atoms with Crippen LogP contribution >= 0.6 is 12.4 Å². The lowest BCUT2D eigenvalue weighted by atomic mass is 10.1. The average molecular weight is 392 g/mol. The Morgan fingerprint density at radius 3 is 2.67 bits per heavy atom. The Labute approximate surface area is 162 Å². The van der Waals surface area contributed by atoms with E-state index >= 15 is 0 Å². The number of hydrogen-bond acceptors (Lipinski definition) is 6. The number of H-pyrrole nitrogens is 1. The number of carbonyl (C=O) groups is 1. The fourth-order valence-corrected chi connectivity index (χ4v) is 2.55. The van der Waals surface area contributed by atoms with E-state index in [2.05, 4.69) is 30.9 Å². The number of benzene rings is 1. The zero-order valence-corrected chi connectivity index (χ0v) is 16.1. The van der Waals surface area contributed by atoms with Gasteiger partial charge in [-0.3, -0.25) is 14.6 Å². The Morgan fingerprint density at radius 2 is 2.07 bits per heavy atom. The predicted octanol–water partition coefficient (Wildman–Crippen LogP) is 1.21. The number of hydrogen-bond donors (Lipinski definition) is 3. The molecule has 1 atom stereocenters. The third-order valence-corrected chi connectivity index (χ3v) is 3.92. The molecule has 0 spiro atoms.